The van der Waals surface area contributed by atoms with E-state index >= 15 is 0 Å². The molecule has 0 aliphatic carbocycles. The van der Waals surface area contributed by atoms with Crippen molar-refractivity contribution in [1.82, 2.24) is 14.8 Å². The van der Waals surface area contributed by atoms with Gasteiger partial charge in [-0.2, -0.15) is 0 Å². The van der Waals surface area contributed by atoms with E-state index in [9.17, 15) is 4.79 Å². The Morgan fingerprint density at radius 3 is 3.00 bits per heavy atom. The van der Waals surface area contributed by atoms with E-state index in [4.69, 9.17) is 17.4 Å². The van der Waals surface area contributed by atoms with Gasteiger partial charge in [0.05, 0.1) is 5.02 Å². The Hall–Kier alpha value is -1.37. The van der Waals surface area contributed by atoms with Gasteiger partial charge in [0.15, 0.2) is 0 Å². The molecule has 2 rings (SSSR count). The fraction of sp³-hybridized carbons (Fsp3) is 0.538. The summed E-state index contributed by atoms with van der Waals surface area (Å²) in [5.41, 5.74) is 2.66. The Kier molecular flexibility index (Phi) is 4.80. The second-order valence-corrected chi connectivity index (χ2v) is 5.55. The highest BCUT2D eigenvalue weighted by Gasteiger charge is 2.27. The van der Waals surface area contributed by atoms with E-state index in [1.165, 1.54) is 0 Å². The monoisotopic (exact) mass is 297 g/mol. The topological polar surface area (TPSA) is 74.5 Å². The van der Waals surface area contributed by atoms with E-state index in [2.05, 4.69) is 22.4 Å². The zero-order valence-corrected chi connectivity index (χ0v) is 12.5. The average molecular weight is 298 g/mol. The van der Waals surface area contributed by atoms with Gasteiger partial charge in [-0.25, -0.2) is 10.8 Å². The number of likely N-dealkylation sites (tertiary alicyclic amines) is 1. The van der Waals surface area contributed by atoms with E-state index < -0.39 is 0 Å². The minimum atomic E-state index is -0.174. The van der Waals surface area contributed by atoms with E-state index in [0.29, 0.717) is 10.8 Å². The lowest BCUT2D eigenvalue weighted by molar-refractivity contribution is 0.0638. The van der Waals surface area contributed by atoms with Gasteiger partial charge in [-0.3, -0.25) is 4.79 Å². The van der Waals surface area contributed by atoms with Crippen LogP contribution in [0.2, 0.25) is 5.02 Å². The molecule has 1 atom stereocenters. The summed E-state index contributed by atoms with van der Waals surface area (Å²) < 4.78 is 0. The molecule has 1 aliphatic rings. The molecule has 0 aromatic carbocycles. The number of nitrogens with zero attached hydrogens (tertiary/aromatic N) is 3. The number of aromatic nitrogens is 1. The number of halogens is 1. The van der Waals surface area contributed by atoms with Gasteiger partial charge in [0.1, 0.15) is 11.5 Å². The number of pyridine rings is 1. The number of hydrogen-bond acceptors (Lipinski definition) is 5. The smallest absolute Gasteiger partial charge is 0.274 e. The molecule has 1 aliphatic heterocycles. The van der Waals surface area contributed by atoms with Crippen LogP contribution < -0.4 is 11.3 Å². The first-order valence-corrected chi connectivity index (χ1v) is 6.99. The SMILES string of the molecule is CN1CCCC(N(C)C(=O)c2nc(NN)ccc2Cl)C1. The third kappa shape index (κ3) is 3.20. The molecule has 0 bridgehead atoms. The van der Waals surface area contributed by atoms with Crippen LogP contribution in [0.3, 0.4) is 0 Å². The van der Waals surface area contributed by atoms with Gasteiger partial charge in [-0.05, 0) is 38.6 Å². The lowest BCUT2D eigenvalue weighted by Gasteiger charge is -2.35. The van der Waals surface area contributed by atoms with Crippen molar-refractivity contribution in [2.45, 2.75) is 18.9 Å². The van der Waals surface area contributed by atoms with Crippen LogP contribution in [0.25, 0.3) is 0 Å². The largest absolute Gasteiger partial charge is 0.336 e. The van der Waals surface area contributed by atoms with Crippen LogP contribution in [0, 0.1) is 0 Å². The molecule has 20 heavy (non-hydrogen) atoms. The highest BCUT2D eigenvalue weighted by molar-refractivity contribution is 6.33. The normalized spacial score (nSPS) is 19.7. The van der Waals surface area contributed by atoms with Crippen LogP contribution in [-0.2, 0) is 0 Å². The van der Waals surface area contributed by atoms with Gasteiger partial charge >= 0.3 is 0 Å². The minimum absolute atomic E-state index is 0.174. The summed E-state index contributed by atoms with van der Waals surface area (Å²) in [4.78, 5) is 20.6. The van der Waals surface area contributed by atoms with E-state index in [1.54, 1.807) is 24.1 Å². The quantitative estimate of drug-likeness (QED) is 0.647. The molecule has 1 unspecified atom stereocenters. The summed E-state index contributed by atoms with van der Waals surface area (Å²) in [6, 6.07) is 3.44. The van der Waals surface area contributed by atoms with Crippen molar-refractivity contribution in [3.05, 3.63) is 22.8 Å². The first-order valence-electron chi connectivity index (χ1n) is 6.61. The number of nitrogen functional groups attached to an aromatic ring is 1. The number of carbonyl (C=O) groups is 1. The van der Waals surface area contributed by atoms with Crippen molar-refractivity contribution in [1.29, 1.82) is 0 Å². The van der Waals surface area contributed by atoms with Crippen molar-refractivity contribution in [3.8, 4) is 0 Å². The van der Waals surface area contributed by atoms with E-state index in [1.807, 2.05) is 0 Å². The number of nitrogens with two attached hydrogens (primary N) is 1. The fourth-order valence-electron chi connectivity index (χ4n) is 2.46. The highest BCUT2D eigenvalue weighted by atomic mass is 35.5. The molecule has 110 valence electrons. The van der Waals surface area contributed by atoms with Gasteiger partial charge < -0.3 is 15.2 Å². The minimum Gasteiger partial charge on any atom is -0.336 e. The van der Waals surface area contributed by atoms with Crippen LogP contribution in [0.4, 0.5) is 5.82 Å². The van der Waals surface area contributed by atoms with Gasteiger partial charge in [0.25, 0.3) is 5.91 Å². The van der Waals surface area contributed by atoms with Crippen LogP contribution in [0.15, 0.2) is 12.1 Å². The third-order valence-electron chi connectivity index (χ3n) is 3.66. The maximum atomic E-state index is 12.5. The van der Waals surface area contributed by atoms with Crippen molar-refractivity contribution in [2.75, 3.05) is 32.6 Å². The van der Waals surface area contributed by atoms with Gasteiger partial charge in [0.2, 0.25) is 0 Å². The van der Waals surface area contributed by atoms with Crippen LogP contribution in [-0.4, -0.2) is 53.9 Å². The van der Waals surface area contributed by atoms with Crippen molar-refractivity contribution >= 4 is 23.3 Å². The average Bonchev–Trinajstić information content (AvgIpc) is 2.46. The summed E-state index contributed by atoms with van der Waals surface area (Å²) in [7, 11) is 3.86. The number of nitrogens with one attached hydrogen (secondary N) is 1. The molecule has 0 saturated carbocycles. The molecular weight excluding hydrogens is 278 g/mol. The molecule has 0 radical (unpaired) electrons. The van der Waals surface area contributed by atoms with Gasteiger partial charge in [0, 0.05) is 19.6 Å². The number of likely N-dealkylation sites (N-methyl/N-ethyl adjacent to an activating group) is 2. The molecule has 1 amide bonds. The number of hydrazine groups is 1. The first-order chi connectivity index (χ1) is 9.52. The van der Waals surface area contributed by atoms with Crippen molar-refractivity contribution in [2.24, 2.45) is 5.84 Å². The number of amides is 1. The second-order valence-electron chi connectivity index (χ2n) is 5.15. The Morgan fingerprint density at radius 1 is 1.60 bits per heavy atom. The summed E-state index contributed by atoms with van der Waals surface area (Å²) in [5.74, 6) is 5.57. The molecule has 3 N–H and O–H groups in total. The van der Waals surface area contributed by atoms with Crippen molar-refractivity contribution < 1.29 is 4.79 Å². The zero-order valence-electron chi connectivity index (χ0n) is 11.8. The third-order valence-corrected chi connectivity index (χ3v) is 3.97. The Bertz CT molecular complexity index is 496. The summed E-state index contributed by atoms with van der Waals surface area (Å²) in [6.45, 7) is 1.94. The lowest BCUT2D eigenvalue weighted by atomic mass is 10.0. The Labute approximate surface area is 123 Å². The molecule has 0 spiro atoms. The Balaban J connectivity index is 2.17. The number of hydrogen-bond donors (Lipinski definition) is 2. The molecule has 1 aromatic heterocycles. The van der Waals surface area contributed by atoms with Crippen molar-refractivity contribution in [3.63, 3.8) is 0 Å². The number of carbonyl (C=O) groups excluding carboxylic acids is 1. The molecular formula is C13H20ClN5O. The summed E-state index contributed by atoms with van der Waals surface area (Å²) in [5, 5.41) is 0.338. The zero-order chi connectivity index (χ0) is 14.7. The Morgan fingerprint density at radius 2 is 2.35 bits per heavy atom. The van der Waals surface area contributed by atoms with Crippen LogP contribution in [0.5, 0.6) is 0 Å². The van der Waals surface area contributed by atoms with Crippen LogP contribution in [0.1, 0.15) is 23.3 Å². The first kappa shape index (κ1) is 15.0. The molecule has 1 fully saturated rings. The standard InChI is InChI=1S/C13H20ClN5O/c1-18-7-3-4-9(8-18)19(2)13(20)12-10(14)5-6-11(16-12)17-15/h5-6,9H,3-4,7-8,15H2,1-2H3,(H,16,17). The maximum absolute atomic E-state index is 12.5. The number of rotatable bonds is 3. The van der Waals surface area contributed by atoms with E-state index in [0.717, 1.165) is 25.9 Å². The fourth-order valence-corrected chi connectivity index (χ4v) is 2.65. The predicted molar refractivity (Wildman–Crippen MR) is 79.7 cm³/mol. The van der Waals surface area contributed by atoms with Gasteiger partial charge in [-0.15, -0.1) is 0 Å². The van der Waals surface area contributed by atoms with Crippen LogP contribution >= 0.6 is 11.6 Å². The molecule has 6 nitrogen and oxygen atoms in total. The molecule has 1 aromatic rings. The number of anilines is 1. The summed E-state index contributed by atoms with van der Waals surface area (Å²) in [6.07, 6.45) is 2.09. The number of piperidine rings is 1. The molecule has 1 saturated heterocycles. The summed E-state index contributed by atoms with van der Waals surface area (Å²) >= 11 is 6.07. The second kappa shape index (κ2) is 6.39. The lowest BCUT2D eigenvalue weighted by Crippen LogP contribution is -2.47. The predicted octanol–water partition coefficient (Wildman–Crippen LogP) is 1.19. The molecule has 2 heterocycles. The highest BCUT2D eigenvalue weighted by Crippen LogP contribution is 2.21. The van der Waals surface area contributed by atoms with Gasteiger partial charge in [-0.1, -0.05) is 11.6 Å². The maximum Gasteiger partial charge on any atom is 0.274 e. The van der Waals surface area contributed by atoms with E-state index in [-0.39, 0.29) is 17.6 Å². The molecule has 7 heteroatoms.